The van der Waals surface area contributed by atoms with E-state index in [1.165, 1.54) is 43.3 Å². The van der Waals surface area contributed by atoms with Crippen LogP contribution in [-0.4, -0.2) is 18.2 Å². The van der Waals surface area contributed by atoms with Crippen molar-refractivity contribution in [3.05, 3.63) is 121 Å². The molecule has 0 aliphatic carbocycles. The fourth-order valence-electron chi connectivity index (χ4n) is 20.8. The molecule has 0 bridgehead atoms. The first-order chi connectivity index (χ1) is 18.1. The molecule has 4 atom stereocenters. The molecular weight excluding hydrogens is 570 g/mol. The van der Waals surface area contributed by atoms with Crippen molar-refractivity contribution < 1.29 is 6.51 Å². The van der Waals surface area contributed by atoms with Gasteiger partial charge in [0, 0.05) is 0 Å². The van der Waals surface area contributed by atoms with Crippen molar-refractivity contribution in [2.75, 3.05) is 0 Å². The Labute approximate surface area is 213 Å². The van der Waals surface area contributed by atoms with E-state index in [9.17, 15) is 0 Å². The molecule has 0 saturated carbocycles. The molecule has 4 unspecified atom stereocenters. The topological polar surface area (TPSA) is 0 Å². The van der Waals surface area contributed by atoms with Gasteiger partial charge in [0.25, 0.3) is 0 Å². The minimum absolute atomic E-state index is 0.820. The monoisotopic (exact) mass is 599 g/mol. The van der Waals surface area contributed by atoms with Crippen LogP contribution < -0.4 is 19.3 Å². The Balaban J connectivity index is 1.22. The summed E-state index contributed by atoms with van der Waals surface area (Å²) in [5, 5.41) is 3.61. The van der Waals surface area contributed by atoms with Crippen LogP contribution in [0.2, 0.25) is 43.3 Å². The molecule has 0 N–H and O–H groups in total. The van der Waals surface area contributed by atoms with E-state index >= 15 is 0 Å². The fraction of sp³-hybridized carbons (Fsp3) is 0.294. The first-order valence-corrected chi connectivity index (χ1v) is 26.6. The van der Waals surface area contributed by atoms with Gasteiger partial charge >= 0.3 is 215 Å². The van der Waals surface area contributed by atoms with Crippen molar-refractivity contribution in [2.24, 2.45) is 0 Å². The molecular formula is C34H29AsFeP. The van der Waals surface area contributed by atoms with Crippen molar-refractivity contribution >= 4 is 39.3 Å². The van der Waals surface area contributed by atoms with Crippen molar-refractivity contribution in [3.8, 4) is 0 Å². The Bertz CT molecular complexity index is 1970. The van der Waals surface area contributed by atoms with Crippen LogP contribution in [0.5, 0.6) is 0 Å². The number of rotatable bonds is 6. The quantitative estimate of drug-likeness (QED) is 0.170. The number of benzene rings is 4. The zero-order valence-electron chi connectivity index (χ0n) is 20.5. The van der Waals surface area contributed by atoms with Crippen molar-refractivity contribution in [3.63, 3.8) is 0 Å². The maximum absolute atomic E-state index is 3.54. The van der Waals surface area contributed by atoms with Crippen molar-refractivity contribution in [1.29, 1.82) is 0 Å². The molecule has 4 aromatic carbocycles. The van der Waals surface area contributed by atoms with Crippen LogP contribution in [0, 0.1) is 0 Å². The maximum atomic E-state index is 2.64. The van der Waals surface area contributed by atoms with Crippen LogP contribution in [0.15, 0.2) is 121 Å². The zero-order valence-corrected chi connectivity index (χ0v) is 24.4. The third-order valence-corrected chi connectivity index (χ3v) is 86.4. The van der Waals surface area contributed by atoms with Crippen molar-refractivity contribution in [2.45, 2.75) is 47.4 Å². The molecule has 10 aliphatic rings. The van der Waals surface area contributed by atoms with Crippen LogP contribution in [0.4, 0.5) is 0 Å². The van der Waals surface area contributed by atoms with E-state index < -0.39 is 26.5 Å². The minimum atomic E-state index is -3.54. The van der Waals surface area contributed by atoms with E-state index in [4.69, 9.17) is 0 Å². The molecule has 1 spiro atoms. The SMILES string of the molecule is c1ccc([As](c2ccccc2)[P](c2ccccc2)(c2ccccc2)[C]23[CH]4[CH]5[CH]6[CH]2[Fe]56432789[CH]3[CH]2[CH]7[CH]8[CH]39)cc1. The van der Waals surface area contributed by atoms with E-state index in [2.05, 4.69) is 121 Å². The Morgan fingerprint density at radius 2 is 0.811 bits per heavy atom. The molecule has 1 radical (unpaired) electrons. The zero-order chi connectivity index (χ0) is 23.5. The van der Waals surface area contributed by atoms with Gasteiger partial charge in [0.15, 0.2) is 0 Å². The number of fused-ring (bicyclic) bond motifs is 10. The van der Waals surface area contributed by atoms with Gasteiger partial charge in [-0.05, 0) is 0 Å². The molecule has 0 aromatic heterocycles. The molecule has 3 heteroatoms. The summed E-state index contributed by atoms with van der Waals surface area (Å²) >= 11 is -1.74. The van der Waals surface area contributed by atoms with Gasteiger partial charge in [-0.1, -0.05) is 0 Å². The number of hydrogen-bond acceptors (Lipinski definition) is 0. The molecule has 183 valence electrons. The molecule has 10 fully saturated rings. The van der Waals surface area contributed by atoms with Crippen LogP contribution in [0.1, 0.15) is 0 Å². The normalized spacial score (nSPS) is 61.4. The van der Waals surface area contributed by atoms with Crippen molar-refractivity contribution in [1.82, 2.24) is 0 Å². The third kappa shape index (κ3) is 0.465. The van der Waals surface area contributed by atoms with E-state index in [0.29, 0.717) is 0 Å². The van der Waals surface area contributed by atoms with Crippen LogP contribution >= 0.6 is 5.82 Å². The summed E-state index contributed by atoms with van der Waals surface area (Å²) in [4.78, 5) is 12.0. The third-order valence-electron chi connectivity index (χ3n) is 19.7. The first kappa shape index (κ1) is 17.9. The second-order valence-corrected chi connectivity index (χ2v) is 52.3. The van der Waals surface area contributed by atoms with Crippen LogP contribution in [0.3, 0.4) is 0 Å². The Morgan fingerprint density at radius 3 is 1.11 bits per heavy atom. The van der Waals surface area contributed by atoms with E-state index in [1.807, 2.05) is 10.6 Å². The van der Waals surface area contributed by atoms with Crippen LogP contribution in [-0.2, 0) is 6.51 Å². The van der Waals surface area contributed by atoms with Gasteiger partial charge in [0.2, 0.25) is 0 Å². The Morgan fingerprint density at radius 1 is 0.459 bits per heavy atom. The van der Waals surface area contributed by atoms with E-state index in [1.54, 1.807) is 8.70 Å². The standard InChI is InChI=1S/C29H24AsP.C5H5.Fe/c1-5-15-25(16-6-1)30(26-17-7-2-8-18-26)31(29-23-13-14-24-29,27-19-9-3-10-20-27)28-21-11-4-12-22-28;1-2-4-5-3-1;/h1-24H;1-5H;. The average molecular weight is 599 g/mol. The summed E-state index contributed by atoms with van der Waals surface area (Å²) in [6.07, 6.45) is 0. The predicted octanol–water partition coefficient (Wildman–Crippen LogP) is 6.76. The molecule has 14 rings (SSSR count). The van der Waals surface area contributed by atoms with Gasteiger partial charge in [0.1, 0.15) is 0 Å². The van der Waals surface area contributed by atoms with Gasteiger partial charge in [-0.15, -0.1) is 0 Å². The second-order valence-electron chi connectivity index (χ2n) is 15.9. The van der Waals surface area contributed by atoms with Gasteiger partial charge < -0.3 is 0 Å². The summed E-state index contributed by atoms with van der Waals surface area (Å²) in [5.41, 5.74) is 0. The van der Waals surface area contributed by atoms with Gasteiger partial charge in [-0.2, -0.15) is 0 Å². The Kier molecular flexibility index (Phi) is 1.34. The summed E-state index contributed by atoms with van der Waals surface area (Å²) < 4.78 is 4.26. The molecule has 10 saturated heterocycles. The van der Waals surface area contributed by atoms with Crippen LogP contribution in [0.25, 0.3) is 0 Å². The molecule has 10 heterocycles. The summed E-state index contributed by atoms with van der Waals surface area (Å²) in [6, 6.07) is 48.8. The van der Waals surface area contributed by atoms with Gasteiger partial charge in [0.05, 0.1) is 0 Å². The molecule has 37 heavy (non-hydrogen) atoms. The van der Waals surface area contributed by atoms with Gasteiger partial charge in [-0.3, -0.25) is 0 Å². The summed E-state index contributed by atoms with van der Waals surface area (Å²) in [7, 11) is 0. The molecule has 4 aromatic rings. The molecule has 10 aliphatic heterocycles. The molecule has 0 amide bonds. The summed E-state index contributed by atoms with van der Waals surface area (Å²) in [6.45, 7) is -3.54. The van der Waals surface area contributed by atoms with Gasteiger partial charge in [-0.25, -0.2) is 0 Å². The summed E-state index contributed by atoms with van der Waals surface area (Å²) in [5.74, 6) is -1.69. The van der Waals surface area contributed by atoms with E-state index in [0.717, 1.165) is 4.05 Å². The number of hydrogen-bond donors (Lipinski definition) is 0. The molecule has 0 nitrogen and oxygen atoms in total. The fourth-order valence-corrected chi connectivity index (χ4v) is 143. The predicted molar refractivity (Wildman–Crippen MR) is 153 cm³/mol. The van der Waals surface area contributed by atoms with E-state index in [-0.39, 0.29) is 0 Å². The first-order valence-electron chi connectivity index (χ1n) is 14.2. The average Bonchev–Trinajstić information content (AvgIpc) is 3.92. The Hall–Kier alpha value is -1.61. The second kappa shape index (κ2) is 2.78.